The van der Waals surface area contributed by atoms with Gasteiger partial charge in [0.05, 0.1) is 24.3 Å². The van der Waals surface area contributed by atoms with Crippen molar-refractivity contribution in [2.45, 2.75) is 37.6 Å². The van der Waals surface area contributed by atoms with Gasteiger partial charge in [0.15, 0.2) is 0 Å². The van der Waals surface area contributed by atoms with Crippen LogP contribution in [-0.2, 0) is 11.8 Å². The van der Waals surface area contributed by atoms with Crippen molar-refractivity contribution in [3.05, 3.63) is 43.0 Å². The van der Waals surface area contributed by atoms with E-state index in [4.69, 9.17) is 4.74 Å². The molecule has 3 aromatic heterocycles. The quantitative estimate of drug-likeness (QED) is 0.642. The molecule has 8 nitrogen and oxygen atoms in total. The lowest BCUT2D eigenvalue weighted by Gasteiger charge is -2.44. The molecule has 0 atom stereocenters. The minimum absolute atomic E-state index is 0.0824. The van der Waals surface area contributed by atoms with Crippen molar-refractivity contribution in [2.75, 3.05) is 0 Å². The van der Waals surface area contributed by atoms with Crippen LogP contribution in [0, 0.1) is 0 Å². The Kier molecular flexibility index (Phi) is 4.75. The Morgan fingerprint density at radius 2 is 2.10 bits per heavy atom. The van der Waals surface area contributed by atoms with Gasteiger partial charge >= 0.3 is 6.18 Å². The first-order valence-corrected chi connectivity index (χ1v) is 9.19. The summed E-state index contributed by atoms with van der Waals surface area (Å²) in [4.78, 5) is 16.2. The summed E-state index contributed by atoms with van der Waals surface area (Å²) in [5.74, 6) is -0.396. The summed E-state index contributed by atoms with van der Waals surface area (Å²) < 4.78 is 46.0. The van der Waals surface area contributed by atoms with E-state index in [0.717, 1.165) is 5.56 Å². The third kappa shape index (κ3) is 4.29. The van der Waals surface area contributed by atoms with Crippen LogP contribution in [0.1, 0.15) is 19.8 Å². The zero-order valence-electron chi connectivity index (χ0n) is 16.2. The van der Waals surface area contributed by atoms with E-state index in [-0.39, 0.29) is 12.1 Å². The summed E-state index contributed by atoms with van der Waals surface area (Å²) >= 11 is 0. The molecule has 1 fully saturated rings. The molecule has 0 spiro atoms. The number of hydrogen-bond acceptors (Lipinski definition) is 5. The zero-order chi connectivity index (χ0) is 21.5. The Hall–Kier alpha value is -3.37. The van der Waals surface area contributed by atoms with Crippen LogP contribution in [0.25, 0.3) is 16.8 Å². The molecule has 3 aromatic rings. The Morgan fingerprint density at radius 1 is 1.33 bits per heavy atom. The SMILES string of the molecule is Cn1cc(-c2cn3nccc3c(OC3(C)CC(NC(=O)/C=C/C(F)(F)F)C3)n2)cn1. The predicted octanol–water partition coefficient (Wildman–Crippen LogP) is 2.66. The number of hydrogen-bond donors (Lipinski definition) is 1. The van der Waals surface area contributed by atoms with Gasteiger partial charge in [-0.05, 0) is 13.0 Å². The van der Waals surface area contributed by atoms with Crippen molar-refractivity contribution in [3.63, 3.8) is 0 Å². The molecule has 0 radical (unpaired) electrons. The van der Waals surface area contributed by atoms with Crippen molar-refractivity contribution in [1.29, 1.82) is 0 Å². The van der Waals surface area contributed by atoms with Crippen LogP contribution >= 0.6 is 0 Å². The normalized spacial score (nSPS) is 21.7. The van der Waals surface area contributed by atoms with Crippen molar-refractivity contribution < 1.29 is 22.7 Å². The lowest BCUT2D eigenvalue weighted by Crippen LogP contribution is -2.56. The van der Waals surface area contributed by atoms with E-state index in [1.54, 1.807) is 40.9 Å². The first kappa shape index (κ1) is 19.9. The molecular formula is C19H19F3N6O2. The molecule has 1 aliphatic rings. The maximum atomic E-state index is 12.2. The van der Waals surface area contributed by atoms with Gasteiger partial charge in [0.2, 0.25) is 11.8 Å². The number of carbonyl (C=O) groups is 1. The number of rotatable bonds is 5. The molecule has 0 bridgehead atoms. The van der Waals surface area contributed by atoms with Gasteiger partial charge in [-0.1, -0.05) is 0 Å². The summed E-state index contributed by atoms with van der Waals surface area (Å²) in [5, 5.41) is 11.0. The molecule has 11 heteroatoms. The van der Waals surface area contributed by atoms with Gasteiger partial charge in [0.1, 0.15) is 11.1 Å². The van der Waals surface area contributed by atoms with E-state index >= 15 is 0 Å². The summed E-state index contributed by atoms with van der Waals surface area (Å²) in [7, 11) is 1.81. The summed E-state index contributed by atoms with van der Waals surface area (Å²) in [6, 6.07) is 1.50. The van der Waals surface area contributed by atoms with Gasteiger partial charge in [-0.2, -0.15) is 23.4 Å². The van der Waals surface area contributed by atoms with Gasteiger partial charge < -0.3 is 10.1 Å². The van der Waals surface area contributed by atoms with Crippen molar-refractivity contribution in [1.82, 2.24) is 29.7 Å². The first-order chi connectivity index (χ1) is 14.1. The summed E-state index contributed by atoms with van der Waals surface area (Å²) in [6.45, 7) is 1.87. The minimum atomic E-state index is -4.52. The highest BCUT2D eigenvalue weighted by molar-refractivity contribution is 5.87. The number of alkyl halides is 3. The maximum absolute atomic E-state index is 12.2. The van der Waals surface area contributed by atoms with Crippen LogP contribution in [-0.4, -0.2) is 48.1 Å². The molecular weight excluding hydrogens is 401 g/mol. The number of halogens is 3. The minimum Gasteiger partial charge on any atom is -0.470 e. The van der Waals surface area contributed by atoms with Crippen LogP contribution in [0.4, 0.5) is 13.2 Å². The Balaban J connectivity index is 1.46. The number of carbonyl (C=O) groups excluding carboxylic acids is 1. The Morgan fingerprint density at radius 3 is 2.77 bits per heavy atom. The maximum Gasteiger partial charge on any atom is 0.409 e. The van der Waals surface area contributed by atoms with E-state index in [9.17, 15) is 18.0 Å². The van der Waals surface area contributed by atoms with Crippen molar-refractivity contribution in [3.8, 4) is 17.1 Å². The average molecular weight is 420 g/mol. The molecule has 0 saturated heterocycles. The van der Waals surface area contributed by atoms with Gasteiger partial charge in [0, 0.05) is 49.8 Å². The molecule has 1 N–H and O–H groups in total. The van der Waals surface area contributed by atoms with Gasteiger partial charge in [0.25, 0.3) is 0 Å². The number of nitrogens with zero attached hydrogens (tertiary/aromatic N) is 5. The molecule has 0 unspecified atom stereocenters. The van der Waals surface area contributed by atoms with Crippen molar-refractivity contribution >= 4 is 11.4 Å². The molecule has 158 valence electrons. The highest BCUT2D eigenvalue weighted by Crippen LogP contribution is 2.38. The Bertz CT molecular complexity index is 1110. The topological polar surface area (TPSA) is 86.3 Å². The van der Waals surface area contributed by atoms with Crippen LogP contribution in [0.5, 0.6) is 5.88 Å². The lowest BCUT2D eigenvalue weighted by molar-refractivity contribution is -0.120. The molecule has 1 amide bonds. The molecule has 3 heterocycles. The average Bonchev–Trinajstić information content (AvgIpc) is 3.27. The summed E-state index contributed by atoms with van der Waals surface area (Å²) in [6.07, 6.45) is 3.70. The van der Waals surface area contributed by atoms with Crippen molar-refractivity contribution in [2.24, 2.45) is 7.05 Å². The number of aromatic nitrogens is 5. The Labute approximate surface area is 169 Å². The standard InChI is InChI=1S/C19H19F3N6O2/c1-18(7-13(8-18)25-16(29)3-5-19(20,21)22)30-17-15-4-6-23-28(15)11-14(26-17)12-9-24-27(2)10-12/h3-6,9-11,13H,7-8H2,1-2H3,(H,25,29)/b5-3+. The fourth-order valence-electron chi connectivity index (χ4n) is 3.49. The van der Waals surface area contributed by atoms with E-state index in [0.29, 0.717) is 36.0 Å². The number of ether oxygens (including phenoxy) is 1. The second-order valence-corrected chi connectivity index (χ2v) is 7.54. The third-order valence-corrected chi connectivity index (χ3v) is 4.83. The molecule has 4 rings (SSSR count). The lowest BCUT2D eigenvalue weighted by atomic mass is 9.77. The molecule has 30 heavy (non-hydrogen) atoms. The number of amides is 1. The zero-order valence-corrected chi connectivity index (χ0v) is 16.2. The smallest absolute Gasteiger partial charge is 0.409 e. The summed E-state index contributed by atoms with van der Waals surface area (Å²) in [5.41, 5.74) is 1.51. The molecule has 1 aliphatic carbocycles. The van der Waals surface area contributed by atoms with Crippen LogP contribution in [0.15, 0.2) is 43.0 Å². The third-order valence-electron chi connectivity index (χ3n) is 4.83. The molecule has 0 aliphatic heterocycles. The molecule has 0 aromatic carbocycles. The number of aryl methyl sites for hydroxylation is 1. The highest BCUT2D eigenvalue weighted by Gasteiger charge is 2.44. The highest BCUT2D eigenvalue weighted by atomic mass is 19.4. The van der Waals surface area contributed by atoms with E-state index < -0.39 is 17.7 Å². The first-order valence-electron chi connectivity index (χ1n) is 9.19. The van der Waals surface area contributed by atoms with Gasteiger partial charge in [-0.3, -0.25) is 9.48 Å². The van der Waals surface area contributed by atoms with Gasteiger partial charge in [-0.25, -0.2) is 9.50 Å². The largest absolute Gasteiger partial charge is 0.470 e. The fourth-order valence-corrected chi connectivity index (χ4v) is 3.49. The molecule has 1 saturated carbocycles. The monoisotopic (exact) mass is 420 g/mol. The second-order valence-electron chi connectivity index (χ2n) is 7.54. The number of nitrogens with one attached hydrogen (secondary N) is 1. The number of allylic oxidation sites excluding steroid dienone is 1. The van der Waals surface area contributed by atoms with E-state index in [2.05, 4.69) is 20.5 Å². The van der Waals surface area contributed by atoms with E-state index in [1.807, 2.05) is 13.1 Å². The van der Waals surface area contributed by atoms with Crippen LogP contribution in [0.3, 0.4) is 0 Å². The van der Waals surface area contributed by atoms with Crippen LogP contribution < -0.4 is 10.1 Å². The van der Waals surface area contributed by atoms with Gasteiger partial charge in [-0.15, -0.1) is 0 Å². The number of fused-ring (bicyclic) bond motifs is 1. The predicted molar refractivity (Wildman–Crippen MR) is 101 cm³/mol. The second kappa shape index (κ2) is 7.15. The fraction of sp³-hybridized carbons (Fsp3) is 0.368. The van der Waals surface area contributed by atoms with Crippen LogP contribution in [0.2, 0.25) is 0 Å². The van der Waals surface area contributed by atoms with E-state index in [1.165, 1.54) is 0 Å².